The third kappa shape index (κ3) is 2.08. The maximum Gasteiger partial charge on any atom is 0.280 e. The van der Waals surface area contributed by atoms with Gasteiger partial charge in [0.1, 0.15) is 0 Å². The highest BCUT2D eigenvalue weighted by molar-refractivity contribution is 5.67. The van der Waals surface area contributed by atoms with Gasteiger partial charge in [0, 0.05) is 13.0 Å². The summed E-state index contributed by atoms with van der Waals surface area (Å²) < 4.78 is 10.1. The number of rotatable bonds is 3. The molecule has 0 spiro atoms. The molecule has 1 aromatic carbocycles. The molecule has 0 aliphatic carbocycles. The van der Waals surface area contributed by atoms with Gasteiger partial charge < -0.3 is 9.47 Å². The summed E-state index contributed by atoms with van der Waals surface area (Å²) in [5.74, 6) is 0.598. The Labute approximate surface area is 101 Å². The number of hydrogen-bond donors (Lipinski definition) is 0. The zero-order chi connectivity index (χ0) is 13.3. The Balaban J connectivity index is 2.55. The fourth-order valence-electron chi connectivity index (χ4n) is 1.50. The molecule has 2 rings (SSSR count). The largest absolute Gasteiger partial charge is 0.454 e. The number of fused-ring (bicyclic) bond motifs is 1. The summed E-state index contributed by atoms with van der Waals surface area (Å²) in [6.45, 7) is 1.24. The van der Waals surface area contributed by atoms with Gasteiger partial charge in [-0.3, -0.25) is 20.2 Å². The van der Waals surface area contributed by atoms with Crippen molar-refractivity contribution < 1.29 is 19.3 Å². The van der Waals surface area contributed by atoms with Crippen LogP contribution in [0.25, 0.3) is 6.08 Å². The number of nitro benzene ring substituents is 1. The Morgan fingerprint density at radius 1 is 1.28 bits per heavy atom. The summed E-state index contributed by atoms with van der Waals surface area (Å²) in [5, 5.41) is 21.4. The lowest BCUT2D eigenvalue weighted by Crippen LogP contribution is -1.96. The minimum Gasteiger partial charge on any atom is -0.454 e. The van der Waals surface area contributed by atoms with E-state index in [0.29, 0.717) is 5.75 Å². The van der Waals surface area contributed by atoms with Crippen molar-refractivity contribution in [2.45, 2.75) is 6.92 Å². The molecule has 8 nitrogen and oxygen atoms in total. The molecule has 1 aliphatic rings. The Morgan fingerprint density at radius 2 is 1.89 bits per heavy atom. The standard InChI is InChI=1S/C10H8N2O6/c1-6(11(13)14)2-7-3-9-10(18-5-17-9)4-8(7)12(15)16/h2-4H,5H2,1H3/b6-2-. The summed E-state index contributed by atoms with van der Waals surface area (Å²) in [6, 6.07) is 2.55. The molecule has 18 heavy (non-hydrogen) atoms. The minimum atomic E-state index is -0.624. The van der Waals surface area contributed by atoms with Crippen LogP contribution in [-0.2, 0) is 0 Å². The van der Waals surface area contributed by atoms with Gasteiger partial charge in [-0.1, -0.05) is 0 Å². The van der Waals surface area contributed by atoms with Crippen LogP contribution in [-0.4, -0.2) is 16.6 Å². The number of nitrogens with zero attached hydrogens (tertiary/aromatic N) is 2. The Morgan fingerprint density at radius 3 is 2.44 bits per heavy atom. The number of hydrogen-bond acceptors (Lipinski definition) is 6. The van der Waals surface area contributed by atoms with Crippen LogP contribution in [0.15, 0.2) is 17.8 Å². The van der Waals surface area contributed by atoms with E-state index < -0.39 is 9.85 Å². The molecule has 0 N–H and O–H groups in total. The summed E-state index contributed by atoms with van der Waals surface area (Å²) in [7, 11) is 0. The third-order valence-corrected chi connectivity index (χ3v) is 2.37. The minimum absolute atomic E-state index is 0.0200. The fraction of sp³-hybridized carbons (Fsp3) is 0.200. The molecule has 0 bridgehead atoms. The van der Waals surface area contributed by atoms with Gasteiger partial charge in [-0.2, -0.15) is 0 Å². The predicted molar refractivity (Wildman–Crippen MR) is 59.9 cm³/mol. The average Bonchev–Trinajstić information content (AvgIpc) is 2.74. The first-order chi connectivity index (χ1) is 8.49. The number of allylic oxidation sites excluding steroid dienone is 1. The van der Waals surface area contributed by atoms with Gasteiger partial charge in [0.15, 0.2) is 11.5 Å². The van der Waals surface area contributed by atoms with Gasteiger partial charge in [0.2, 0.25) is 12.5 Å². The van der Waals surface area contributed by atoms with Gasteiger partial charge >= 0.3 is 0 Å². The van der Waals surface area contributed by atoms with E-state index in [1.165, 1.54) is 19.1 Å². The predicted octanol–water partition coefficient (Wildman–Crippen LogP) is 1.96. The SMILES string of the molecule is C/C(=C/c1cc2c(cc1[N+](=O)[O-])OCO2)[N+](=O)[O-]. The van der Waals surface area contributed by atoms with Crippen molar-refractivity contribution in [2.24, 2.45) is 0 Å². The van der Waals surface area contributed by atoms with E-state index in [1.807, 2.05) is 0 Å². The molecule has 0 radical (unpaired) electrons. The summed E-state index contributed by atoms with van der Waals surface area (Å²) in [5.41, 5.74) is -0.351. The molecule has 1 aliphatic heterocycles. The van der Waals surface area contributed by atoms with Crippen molar-refractivity contribution in [3.63, 3.8) is 0 Å². The Bertz CT molecular complexity index is 566. The lowest BCUT2D eigenvalue weighted by molar-refractivity contribution is -0.422. The van der Waals surface area contributed by atoms with Crippen LogP contribution in [0.5, 0.6) is 11.5 Å². The number of benzene rings is 1. The van der Waals surface area contributed by atoms with E-state index in [9.17, 15) is 20.2 Å². The first-order valence-corrected chi connectivity index (χ1v) is 4.90. The summed E-state index contributed by atoms with van der Waals surface area (Å²) in [4.78, 5) is 20.2. The maximum absolute atomic E-state index is 10.9. The zero-order valence-corrected chi connectivity index (χ0v) is 9.28. The Kier molecular flexibility index (Phi) is 2.84. The van der Waals surface area contributed by atoms with Gasteiger partial charge in [-0.15, -0.1) is 0 Å². The molecule has 0 saturated heterocycles. The maximum atomic E-state index is 10.9. The summed E-state index contributed by atoms with van der Waals surface area (Å²) in [6.07, 6.45) is 1.13. The molecule has 1 aromatic rings. The molecule has 0 aromatic heterocycles. The topological polar surface area (TPSA) is 105 Å². The van der Waals surface area contributed by atoms with Crippen LogP contribution in [0, 0.1) is 20.2 Å². The second kappa shape index (κ2) is 4.32. The van der Waals surface area contributed by atoms with E-state index in [1.54, 1.807) is 0 Å². The van der Waals surface area contributed by atoms with E-state index in [2.05, 4.69) is 0 Å². The van der Waals surface area contributed by atoms with Crippen molar-refractivity contribution >= 4 is 11.8 Å². The fourth-order valence-corrected chi connectivity index (χ4v) is 1.50. The van der Waals surface area contributed by atoms with Crippen LogP contribution >= 0.6 is 0 Å². The number of nitro groups is 2. The highest BCUT2D eigenvalue weighted by Crippen LogP contribution is 2.38. The first-order valence-electron chi connectivity index (χ1n) is 4.90. The number of ether oxygens (including phenoxy) is 2. The molecule has 8 heteroatoms. The lowest BCUT2D eigenvalue weighted by Gasteiger charge is -2.00. The van der Waals surface area contributed by atoms with Gasteiger partial charge in [-0.25, -0.2) is 0 Å². The van der Waals surface area contributed by atoms with Crippen molar-refractivity contribution in [3.8, 4) is 11.5 Å². The Hall–Kier alpha value is -2.64. The van der Waals surface area contributed by atoms with Crippen LogP contribution in [0.4, 0.5) is 5.69 Å². The highest BCUT2D eigenvalue weighted by Gasteiger charge is 2.23. The normalized spacial score (nSPS) is 13.5. The molecule has 0 amide bonds. The monoisotopic (exact) mass is 252 g/mol. The first kappa shape index (κ1) is 11.8. The zero-order valence-electron chi connectivity index (χ0n) is 9.28. The van der Waals surface area contributed by atoms with E-state index in [-0.39, 0.29) is 29.5 Å². The molecule has 0 unspecified atom stereocenters. The highest BCUT2D eigenvalue weighted by atomic mass is 16.7. The molecule has 0 fully saturated rings. The van der Waals surface area contributed by atoms with Gasteiger partial charge in [-0.05, 0) is 6.07 Å². The lowest BCUT2D eigenvalue weighted by atomic mass is 10.1. The van der Waals surface area contributed by atoms with Crippen LogP contribution in [0.3, 0.4) is 0 Å². The molecule has 94 valence electrons. The van der Waals surface area contributed by atoms with Gasteiger partial charge in [0.25, 0.3) is 5.69 Å². The van der Waals surface area contributed by atoms with Crippen LogP contribution < -0.4 is 9.47 Å². The molecular weight excluding hydrogens is 244 g/mol. The van der Waals surface area contributed by atoms with Gasteiger partial charge in [0.05, 0.1) is 21.5 Å². The van der Waals surface area contributed by atoms with E-state index in [4.69, 9.17) is 9.47 Å². The summed E-state index contributed by atoms with van der Waals surface area (Å²) >= 11 is 0. The second-order valence-electron chi connectivity index (χ2n) is 3.56. The second-order valence-corrected chi connectivity index (χ2v) is 3.56. The van der Waals surface area contributed by atoms with Crippen LogP contribution in [0.1, 0.15) is 12.5 Å². The molecule has 0 atom stereocenters. The van der Waals surface area contributed by atoms with Crippen LogP contribution in [0.2, 0.25) is 0 Å². The molecule has 0 saturated carbocycles. The third-order valence-electron chi connectivity index (χ3n) is 2.37. The average molecular weight is 252 g/mol. The van der Waals surface area contributed by atoms with Crippen molar-refractivity contribution in [1.82, 2.24) is 0 Å². The molecule has 1 heterocycles. The van der Waals surface area contributed by atoms with E-state index >= 15 is 0 Å². The smallest absolute Gasteiger partial charge is 0.280 e. The van der Waals surface area contributed by atoms with Crippen molar-refractivity contribution in [3.05, 3.63) is 43.6 Å². The van der Waals surface area contributed by atoms with E-state index in [0.717, 1.165) is 6.08 Å². The van der Waals surface area contributed by atoms with Crippen molar-refractivity contribution in [2.75, 3.05) is 6.79 Å². The molecular formula is C10H8N2O6. The quantitative estimate of drug-likeness (QED) is 0.601. The van der Waals surface area contributed by atoms with Crippen molar-refractivity contribution in [1.29, 1.82) is 0 Å².